The highest BCUT2D eigenvalue weighted by Crippen LogP contribution is 2.18. The normalized spacial score (nSPS) is 10.5. The number of benzene rings is 1. The van der Waals surface area contributed by atoms with Crippen molar-refractivity contribution in [2.45, 2.75) is 45.4 Å². The third kappa shape index (κ3) is 8.16. The minimum atomic E-state index is 0.0728. The van der Waals surface area contributed by atoms with Gasteiger partial charge in [0, 0.05) is 28.5 Å². The lowest BCUT2D eigenvalue weighted by atomic mass is 10.1. The van der Waals surface area contributed by atoms with Gasteiger partial charge in [0.05, 0.1) is 6.61 Å². The molecule has 0 aliphatic heterocycles. The van der Waals surface area contributed by atoms with E-state index in [9.17, 15) is 4.79 Å². The van der Waals surface area contributed by atoms with E-state index in [2.05, 4.69) is 26.2 Å². The van der Waals surface area contributed by atoms with Gasteiger partial charge in [-0.2, -0.15) is 0 Å². The molecule has 0 spiro atoms. The topological polar surface area (TPSA) is 51.2 Å². The van der Waals surface area contributed by atoms with Crippen LogP contribution in [0, 0.1) is 6.92 Å². The summed E-state index contributed by atoms with van der Waals surface area (Å²) in [4.78, 5) is 16.0. The lowest BCUT2D eigenvalue weighted by Crippen LogP contribution is -2.11. The Morgan fingerprint density at radius 3 is 2.72 bits per heavy atom. The van der Waals surface area contributed by atoms with Gasteiger partial charge in [-0.15, -0.1) is 0 Å². The molecule has 1 aromatic carbocycles. The molecule has 1 N–H and O–H groups in total. The number of ether oxygens (including phenoxy) is 1. The van der Waals surface area contributed by atoms with Crippen molar-refractivity contribution in [2.75, 3.05) is 11.9 Å². The molecule has 0 aliphatic carbocycles. The van der Waals surface area contributed by atoms with E-state index in [1.165, 1.54) is 0 Å². The Morgan fingerprint density at radius 2 is 1.92 bits per heavy atom. The predicted octanol–water partition coefficient (Wildman–Crippen LogP) is 5.51. The van der Waals surface area contributed by atoms with Crippen molar-refractivity contribution < 1.29 is 9.53 Å². The molecule has 4 nitrogen and oxygen atoms in total. The highest BCUT2D eigenvalue weighted by molar-refractivity contribution is 9.10. The summed E-state index contributed by atoms with van der Waals surface area (Å²) in [7, 11) is 0. The Bertz CT molecular complexity index is 676. The zero-order valence-electron chi connectivity index (χ0n) is 14.6. The minimum absolute atomic E-state index is 0.0728. The number of carbonyl (C=O) groups is 1. The third-order valence-electron chi connectivity index (χ3n) is 3.79. The van der Waals surface area contributed by atoms with Crippen molar-refractivity contribution in [2.24, 2.45) is 0 Å². The number of rotatable bonds is 10. The van der Waals surface area contributed by atoms with Crippen LogP contribution in [0.5, 0.6) is 5.75 Å². The fraction of sp³-hybridized carbons (Fsp3) is 0.400. The van der Waals surface area contributed by atoms with E-state index in [4.69, 9.17) is 4.74 Å². The standard InChI is InChI=1S/C20H25BrN2O2/c1-16-14-18(11-12-22-16)23-20(24)10-5-3-2-4-6-13-25-19-9-7-8-17(21)15-19/h7-9,11-12,14-15H,2-6,10,13H2,1H3,(H,22,23,24). The summed E-state index contributed by atoms with van der Waals surface area (Å²) in [6.07, 6.45) is 7.55. The van der Waals surface area contributed by atoms with Gasteiger partial charge in [-0.3, -0.25) is 9.78 Å². The molecule has 25 heavy (non-hydrogen) atoms. The Labute approximate surface area is 158 Å². The number of nitrogens with one attached hydrogen (secondary N) is 1. The maximum Gasteiger partial charge on any atom is 0.224 e. The van der Waals surface area contributed by atoms with E-state index >= 15 is 0 Å². The monoisotopic (exact) mass is 404 g/mol. The van der Waals surface area contributed by atoms with Crippen LogP contribution >= 0.6 is 15.9 Å². The van der Waals surface area contributed by atoms with Crippen molar-refractivity contribution >= 4 is 27.5 Å². The lowest BCUT2D eigenvalue weighted by molar-refractivity contribution is -0.116. The van der Waals surface area contributed by atoms with Crippen molar-refractivity contribution in [3.8, 4) is 5.75 Å². The van der Waals surface area contributed by atoms with Crippen LogP contribution in [0.3, 0.4) is 0 Å². The number of aryl methyl sites for hydroxylation is 1. The molecule has 1 heterocycles. The van der Waals surface area contributed by atoms with Gasteiger partial charge in [-0.1, -0.05) is 41.3 Å². The Kier molecular flexibility index (Phi) is 8.46. The van der Waals surface area contributed by atoms with Gasteiger partial charge in [0.15, 0.2) is 0 Å². The highest BCUT2D eigenvalue weighted by atomic mass is 79.9. The molecule has 0 fully saturated rings. The van der Waals surface area contributed by atoms with E-state index in [1.54, 1.807) is 6.20 Å². The molecule has 0 aliphatic rings. The number of hydrogen-bond donors (Lipinski definition) is 1. The number of halogens is 1. The maximum absolute atomic E-state index is 11.9. The first-order valence-corrected chi connectivity index (χ1v) is 9.53. The van der Waals surface area contributed by atoms with Gasteiger partial charge >= 0.3 is 0 Å². The Hall–Kier alpha value is -1.88. The van der Waals surface area contributed by atoms with Crippen molar-refractivity contribution in [3.05, 3.63) is 52.8 Å². The molecule has 0 radical (unpaired) electrons. The van der Waals surface area contributed by atoms with Gasteiger partial charge < -0.3 is 10.1 Å². The number of nitrogens with zero attached hydrogens (tertiary/aromatic N) is 1. The van der Waals surface area contributed by atoms with Crippen LogP contribution in [0.15, 0.2) is 47.1 Å². The molecule has 2 aromatic rings. The Balaban J connectivity index is 1.48. The van der Waals surface area contributed by atoms with E-state index < -0.39 is 0 Å². The first-order valence-electron chi connectivity index (χ1n) is 8.74. The molecule has 0 bridgehead atoms. The summed E-state index contributed by atoms with van der Waals surface area (Å²) in [5, 5.41) is 2.91. The number of anilines is 1. The molecule has 0 unspecified atom stereocenters. The van der Waals surface area contributed by atoms with Crippen molar-refractivity contribution in [1.82, 2.24) is 4.98 Å². The smallest absolute Gasteiger partial charge is 0.224 e. The average Bonchev–Trinajstić information content (AvgIpc) is 2.57. The van der Waals surface area contributed by atoms with Gasteiger partial charge in [0.2, 0.25) is 5.91 Å². The first-order chi connectivity index (χ1) is 12.1. The van der Waals surface area contributed by atoms with E-state index in [1.807, 2.05) is 43.3 Å². The maximum atomic E-state index is 11.9. The highest BCUT2D eigenvalue weighted by Gasteiger charge is 2.02. The molecule has 5 heteroatoms. The fourth-order valence-electron chi connectivity index (χ4n) is 2.51. The number of carbonyl (C=O) groups excluding carboxylic acids is 1. The molecule has 0 saturated carbocycles. The van der Waals surface area contributed by atoms with E-state index in [0.29, 0.717) is 6.42 Å². The Morgan fingerprint density at radius 1 is 1.12 bits per heavy atom. The summed E-state index contributed by atoms with van der Waals surface area (Å²) >= 11 is 3.43. The quantitative estimate of drug-likeness (QED) is 0.531. The van der Waals surface area contributed by atoms with Crippen LogP contribution < -0.4 is 10.1 Å². The number of unbranched alkanes of at least 4 members (excludes halogenated alkanes) is 4. The molecular weight excluding hydrogens is 380 g/mol. The predicted molar refractivity (Wildman–Crippen MR) is 105 cm³/mol. The van der Waals surface area contributed by atoms with Gasteiger partial charge in [0.1, 0.15) is 5.75 Å². The molecular formula is C20H25BrN2O2. The number of hydrogen-bond acceptors (Lipinski definition) is 3. The van der Waals surface area contributed by atoms with Gasteiger partial charge in [-0.25, -0.2) is 0 Å². The number of pyridine rings is 1. The lowest BCUT2D eigenvalue weighted by Gasteiger charge is -2.07. The van der Waals surface area contributed by atoms with Gasteiger partial charge in [0.25, 0.3) is 0 Å². The summed E-state index contributed by atoms with van der Waals surface area (Å²) in [6.45, 7) is 2.65. The van der Waals surface area contributed by atoms with Crippen LogP contribution in [-0.2, 0) is 4.79 Å². The SMILES string of the molecule is Cc1cc(NC(=O)CCCCCCCOc2cccc(Br)c2)ccn1. The number of amides is 1. The van der Waals surface area contributed by atoms with E-state index in [-0.39, 0.29) is 5.91 Å². The zero-order chi connectivity index (χ0) is 17.9. The van der Waals surface area contributed by atoms with Gasteiger partial charge in [-0.05, 0) is 50.1 Å². The molecule has 2 rings (SSSR count). The summed E-state index contributed by atoms with van der Waals surface area (Å²) in [6, 6.07) is 11.6. The summed E-state index contributed by atoms with van der Waals surface area (Å²) in [5.41, 5.74) is 1.73. The third-order valence-corrected chi connectivity index (χ3v) is 4.29. The molecule has 0 saturated heterocycles. The summed E-state index contributed by atoms with van der Waals surface area (Å²) < 4.78 is 6.74. The van der Waals surface area contributed by atoms with Crippen LogP contribution in [-0.4, -0.2) is 17.5 Å². The molecule has 1 aromatic heterocycles. The minimum Gasteiger partial charge on any atom is -0.494 e. The zero-order valence-corrected chi connectivity index (χ0v) is 16.2. The molecule has 0 atom stereocenters. The second-order valence-electron chi connectivity index (χ2n) is 6.06. The first kappa shape index (κ1) is 19.4. The van der Waals surface area contributed by atoms with Crippen LogP contribution in [0.1, 0.15) is 44.2 Å². The van der Waals surface area contributed by atoms with Crippen LogP contribution in [0.25, 0.3) is 0 Å². The van der Waals surface area contributed by atoms with Crippen molar-refractivity contribution in [3.63, 3.8) is 0 Å². The van der Waals surface area contributed by atoms with Crippen molar-refractivity contribution in [1.29, 1.82) is 0 Å². The molecule has 134 valence electrons. The second-order valence-corrected chi connectivity index (χ2v) is 6.97. The second kappa shape index (κ2) is 10.9. The molecule has 1 amide bonds. The largest absolute Gasteiger partial charge is 0.494 e. The fourth-order valence-corrected chi connectivity index (χ4v) is 2.89. The average molecular weight is 405 g/mol. The van der Waals surface area contributed by atoms with Crippen LogP contribution in [0.4, 0.5) is 5.69 Å². The summed E-state index contributed by atoms with van der Waals surface area (Å²) in [5.74, 6) is 0.973. The number of aromatic nitrogens is 1. The van der Waals surface area contributed by atoms with E-state index in [0.717, 1.165) is 60.3 Å². The van der Waals surface area contributed by atoms with Crippen LogP contribution in [0.2, 0.25) is 0 Å².